The van der Waals surface area contributed by atoms with Gasteiger partial charge in [-0.3, -0.25) is 0 Å². The zero-order valence-corrected chi connectivity index (χ0v) is 12.9. The highest BCUT2D eigenvalue weighted by molar-refractivity contribution is 7.14. The van der Waals surface area contributed by atoms with Crippen molar-refractivity contribution in [2.24, 2.45) is 0 Å². The third kappa shape index (κ3) is 5.59. The van der Waals surface area contributed by atoms with E-state index in [2.05, 4.69) is 24.1 Å². The van der Waals surface area contributed by atoms with Crippen molar-refractivity contribution in [2.75, 3.05) is 11.9 Å². The molecule has 0 spiro atoms. The average Bonchev–Trinajstić information content (AvgIpc) is 2.83. The van der Waals surface area contributed by atoms with Crippen molar-refractivity contribution < 1.29 is 9.53 Å². The van der Waals surface area contributed by atoms with Gasteiger partial charge in [0.15, 0.2) is 5.69 Å². The van der Waals surface area contributed by atoms with E-state index in [1.54, 1.807) is 12.4 Å². The molecule has 0 amide bonds. The molecule has 19 heavy (non-hydrogen) atoms. The number of esters is 1. The van der Waals surface area contributed by atoms with E-state index in [0.29, 0.717) is 18.3 Å². The first-order chi connectivity index (χ1) is 9.19. The van der Waals surface area contributed by atoms with Crippen LogP contribution in [0.15, 0.2) is 5.51 Å². The van der Waals surface area contributed by atoms with Crippen LogP contribution in [-0.4, -0.2) is 23.6 Å². The Morgan fingerprint density at radius 1 is 1.42 bits per heavy atom. The number of aromatic nitrogens is 1. The fourth-order valence-corrected chi connectivity index (χ4v) is 2.65. The summed E-state index contributed by atoms with van der Waals surface area (Å²) >= 11 is 1.45. The van der Waals surface area contributed by atoms with Crippen LogP contribution in [0.1, 0.15) is 63.4 Å². The van der Waals surface area contributed by atoms with Gasteiger partial charge in [0, 0.05) is 6.04 Å². The van der Waals surface area contributed by atoms with E-state index in [0.717, 1.165) is 11.4 Å². The van der Waals surface area contributed by atoms with Gasteiger partial charge in [0.25, 0.3) is 0 Å². The number of carbonyl (C=O) groups excluding carboxylic acids is 1. The van der Waals surface area contributed by atoms with Gasteiger partial charge in [-0.2, -0.15) is 0 Å². The Labute approximate surface area is 119 Å². The maximum atomic E-state index is 11.7. The molecule has 0 aromatic carbocycles. The van der Waals surface area contributed by atoms with Gasteiger partial charge in [-0.15, -0.1) is 11.3 Å². The van der Waals surface area contributed by atoms with Crippen LogP contribution in [0.3, 0.4) is 0 Å². The first-order valence-electron chi connectivity index (χ1n) is 7.06. The van der Waals surface area contributed by atoms with Crippen LogP contribution in [0.5, 0.6) is 0 Å². The maximum Gasteiger partial charge on any atom is 0.360 e. The van der Waals surface area contributed by atoms with Crippen molar-refractivity contribution in [1.29, 1.82) is 0 Å². The van der Waals surface area contributed by atoms with Crippen molar-refractivity contribution in [3.8, 4) is 0 Å². The lowest BCUT2D eigenvalue weighted by Crippen LogP contribution is -2.17. The predicted octanol–water partition coefficient (Wildman–Crippen LogP) is 4.09. The van der Waals surface area contributed by atoms with E-state index in [9.17, 15) is 4.79 Å². The van der Waals surface area contributed by atoms with Gasteiger partial charge in [0.2, 0.25) is 0 Å². The lowest BCUT2D eigenvalue weighted by molar-refractivity contribution is 0.0521. The van der Waals surface area contributed by atoms with Crippen LogP contribution in [0.2, 0.25) is 0 Å². The Morgan fingerprint density at radius 2 is 2.21 bits per heavy atom. The second kappa shape index (κ2) is 8.91. The van der Waals surface area contributed by atoms with Crippen LogP contribution in [0, 0.1) is 0 Å². The van der Waals surface area contributed by atoms with E-state index in [1.165, 1.54) is 37.0 Å². The molecule has 1 rings (SSSR count). The van der Waals surface area contributed by atoms with E-state index in [4.69, 9.17) is 4.74 Å². The van der Waals surface area contributed by atoms with Crippen LogP contribution in [0.25, 0.3) is 0 Å². The molecule has 5 heteroatoms. The van der Waals surface area contributed by atoms with Gasteiger partial charge in [0.1, 0.15) is 5.00 Å². The van der Waals surface area contributed by atoms with E-state index >= 15 is 0 Å². The molecule has 1 N–H and O–H groups in total. The Hall–Kier alpha value is -1.10. The van der Waals surface area contributed by atoms with Crippen LogP contribution in [-0.2, 0) is 4.74 Å². The molecule has 0 aliphatic carbocycles. The molecule has 1 aromatic heterocycles. The standard InChI is InChI=1S/C14H24N2O2S/c1-4-6-7-8-9-11(3)16-13-12(15-10-19-13)14(17)18-5-2/h10-11,16H,4-9H2,1-3H3. The molecule has 0 saturated carbocycles. The molecule has 0 aliphatic rings. The first-order valence-corrected chi connectivity index (χ1v) is 7.94. The van der Waals surface area contributed by atoms with Crippen LogP contribution < -0.4 is 5.32 Å². The Morgan fingerprint density at radius 3 is 2.89 bits per heavy atom. The average molecular weight is 284 g/mol. The summed E-state index contributed by atoms with van der Waals surface area (Å²) in [7, 11) is 0. The lowest BCUT2D eigenvalue weighted by atomic mass is 10.1. The van der Waals surface area contributed by atoms with Gasteiger partial charge in [-0.1, -0.05) is 32.6 Å². The van der Waals surface area contributed by atoms with Crippen LogP contribution in [0.4, 0.5) is 5.00 Å². The molecule has 1 atom stereocenters. The molecule has 1 unspecified atom stereocenters. The Bertz CT molecular complexity index is 379. The monoisotopic (exact) mass is 284 g/mol. The van der Waals surface area contributed by atoms with Crippen molar-refractivity contribution in [1.82, 2.24) is 4.98 Å². The zero-order chi connectivity index (χ0) is 14.1. The summed E-state index contributed by atoms with van der Waals surface area (Å²) < 4.78 is 4.99. The normalized spacial score (nSPS) is 12.2. The number of rotatable bonds is 9. The van der Waals surface area contributed by atoms with Crippen molar-refractivity contribution in [2.45, 2.75) is 58.9 Å². The second-order valence-electron chi connectivity index (χ2n) is 4.65. The number of hydrogen-bond acceptors (Lipinski definition) is 5. The van der Waals surface area contributed by atoms with Gasteiger partial charge in [-0.25, -0.2) is 9.78 Å². The molecule has 1 heterocycles. The minimum absolute atomic E-state index is 0.343. The molecule has 0 radical (unpaired) electrons. The molecule has 108 valence electrons. The summed E-state index contributed by atoms with van der Waals surface area (Å²) in [4.78, 5) is 15.8. The SMILES string of the molecule is CCCCCCC(C)Nc1scnc1C(=O)OCC. The number of unbranched alkanes of at least 4 members (excludes halogenated alkanes) is 3. The van der Waals surface area contributed by atoms with E-state index in [1.807, 2.05) is 0 Å². The molecule has 0 saturated heterocycles. The third-order valence-electron chi connectivity index (χ3n) is 2.90. The van der Waals surface area contributed by atoms with E-state index < -0.39 is 0 Å². The maximum absolute atomic E-state index is 11.7. The van der Waals surface area contributed by atoms with Gasteiger partial charge in [-0.05, 0) is 20.3 Å². The number of thiazole rings is 1. The van der Waals surface area contributed by atoms with E-state index in [-0.39, 0.29) is 5.97 Å². The molecule has 0 aliphatic heterocycles. The van der Waals surface area contributed by atoms with Crippen molar-refractivity contribution in [3.05, 3.63) is 11.2 Å². The predicted molar refractivity (Wildman–Crippen MR) is 79.9 cm³/mol. The van der Waals surface area contributed by atoms with Gasteiger partial charge < -0.3 is 10.1 Å². The largest absolute Gasteiger partial charge is 0.461 e. The molecular weight excluding hydrogens is 260 g/mol. The summed E-state index contributed by atoms with van der Waals surface area (Å²) in [6.45, 7) is 6.53. The fraction of sp³-hybridized carbons (Fsp3) is 0.714. The summed E-state index contributed by atoms with van der Waals surface area (Å²) in [5.74, 6) is -0.343. The number of nitrogens with zero attached hydrogens (tertiary/aromatic N) is 1. The Kier molecular flexibility index (Phi) is 7.48. The topological polar surface area (TPSA) is 51.2 Å². The van der Waals surface area contributed by atoms with Gasteiger partial charge >= 0.3 is 5.97 Å². The number of hydrogen-bond donors (Lipinski definition) is 1. The summed E-state index contributed by atoms with van der Waals surface area (Å²) in [5.41, 5.74) is 2.09. The minimum atomic E-state index is -0.343. The number of nitrogens with one attached hydrogen (secondary N) is 1. The minimum Gasteiger partial charge on any atom is -0.461 e. The second-order valence-corrected chi connectivity index (χ2v) is 5.50. The van der Waals surface area contributed by atoms with Gasteiger partial charge in [0.05, 0.1) is 12.1 Å². The summed E-state index contributed by atoms with van der Waals surface area (Å²) in [6, 6.07) is 0.352. The molecule has 1 aromatic rings. The summed E-state index contributed by atoms with van der Waals surface area (Å²) in [5, 5.41) is 4.18. The molecular formula is C14H24N2O2S. The van der Waals surface area contributed by atoms with Crippen molar-refractivity contribution in [3.63, 3.8) is 0 Å². The Balaban J connectivity index is 2.43. The van der Waals surface area contributed by atoms with Crippen molar-refractivity contribution >= 4 is 22.3 Å². The molecule has 4 nitrogen and oxygen atoms in total. The number of carbonyl (C=O) groups is 1. The fourth-order valence-electron chi connectivity index (χ4n) is 1.87. The number of ether oxygens (including phenoxy) is 1. The third-order valence-corrected chi connectivity index (χ3v) is 3.66. The molecule has 0 bridgehead atoms. The highest BCUT2D eigenvalue weighted by Crippen LogP contribution is 2.23. The number of anilines is 1. The zero-order valence-electron chi connectivity index (χ0n) is 12.1. The highest BCUT2D eigenvalue weighted by atomic mass is 32.1. The van der Waals surface area contributed by atoms with Crippen LogP contribution >= 0.6 is 11.3 Å². The smallest absolute Gasteiger partial charge is 0.360 e. The quantitative estimate of drug-likeness (QED) is 0.548. The first kappa shape index (κ1) is 16.0. The lowest BCUT2D eigenvalue weighted by Gasteiger charge is -2.14. The molecule has 0 fully saturated rings. The summed E-state index contributed by atoms with van der Waals surface area (Å²) in [6.07, 6.45) is 6.15. The highest BCUT2D eigenvalue weighted by Gasteiger charge is 2.17.